The third-order valence-corrected chi connectivity index (χ3v) is 5.55. The third-order valence-electron chi connectivity index (χ3n) is 5.36. The van der Waals surface area contributed by atoms with Crippen LogP contribution in [0.15, 0.2) is 12.4 Å². The van der Waals surface area contributed by atoms with Gasteiger partial charge in [0.15, 0.2) is 0 Å². The minimum absolute atomic E-state index is 0.283. The van der Waals surface area contributed by atoms with E-state index in [0.717, 1.165) is 6.42 Å². The molecule has 144 valence electrons. The summed E-state index contributed by atoms with van der Waals surface area (Å²) in [5.41, 5.74) is -2.02. The number of aromatic nitrogens is 2. The van der Waals surface area contributed by atoms with Crippen molar-refractivity contribution in [2.45, 2.75) is 82.8 Å². The summed E-state index contributed by atoms with van der Waals surface area (Å²) < 4.78 is 21.1. The zero-order chi connectivity index (χ0) is 19.3. The van der Waals surface area contributed by atoms with Crippen LogP contribution in [-0.2, 0) is 4.74 Å². The number of nitrogens with zero attached hydrogens (tertiary/aromatic N) is 3. The van der Waals surface area contributed by atoms with Crippen LogP contribution >= 0.6 is 11.6 Å². The van der Waals surface area contributed by atoms with Crippen molar-refractivity contribution in [3.63, 3.8) is 0 Å². The topological polar surface area (TPSA) is 67.3 Å². The lowest BCUT2D eigenvalue weighted by molar-refractivity contribution is -0.0630. The summed E-state index contributed by atoms with van der Waals surface area (Å²) >= 11 is 5.76. The Morgan fingerprint density at radius 3 is 2.62 bits per heavy atom. The van der Waals surface area contributed by atoms with E-state index in [1.165, 1.54) is 12.4 Å². The molecular weight excluding hydrogens is 359 g/mol. The van der Waals surface area contributed by atoms with Crippen LogP contribution in [0, 0.1) is 0 Å². The molecule has 1 N–H and O–H groups in total. The molecule has 0 radical (unpaired) electrons. The molecule has 1 aromatic heterocycles. The highest BCUT2D eigenvalue weighted by Gasteiger charge is 2.63. The molecule has 8 heteroatoms. The molecule has 3 heterocycles. The van der Waals surface area contributed by atoms with E-state index in [2.05, 4.69) is 15.3 Å². The van der Waals surface area contributed by atoms with Crippen LogP contribution in [0.3, 0.4) is 0 Å². The van der Waals surface area contributed by atoms with Crippen LogP contribution in [0.25, 0.3) is 0 Å². The number of anilines is 1. The first-order valence-corrected chi connectivity index (χ1v) is 9.24. The molecule has 2 aliphatic heterocycles. The maximum Gasteiger partial charge on any atom is 0.411 e. The Bertz CT molecular complexity index is 695. The lowest BCUT2D eigenvalue weighted by Gasteiger charge is -2.52. The molecule has 4 atom stereocenters. The fourth-order valence-corrected chi connectivity index (χ4v) is 4.36. The quantitative estimate of drug-likeness (QED) is 0.827. The number of hydrogen-bond donors (Lipinski definition) is 1. The molecule has 2 saturated heterocycles. The number of piperidine rings is 1. The normalized spacial score (nSPS) is 33.9. The Balaban J connectivity index is 1.84. The summed E-state index contributed by atoms with van der Waals surface area (Å²) in [6.07, 6.45) is 2.98. The number of alkyl halides is 1. The highest BCUT2D eigenvalue weighted by atomic mass is 35.5. The molecule has 6 nitrogen and oxygen atoms in total. The monoisotopic (exact) mass is 384 g/mol. The van der Waals surface area contributed by atoms with Crippen LogP contribution in [-0.4, -0.2) is 49.9 Å². The second kappa shape index (κ2) is 6.22. The van der Waals surface area contributed by atoms with Crippen molar-refractivity contribution >= 4 is 23.5 Å². The maximum absolute atomic E-state index is 15.5. The van der Waals surface area contributed by atoms with Gasteiger partial charge in [0.25, 0.3) is 0 Å². The maximum atomic E-state index is 15.5. The largest absolute Gasteiger partial charge is 0.444 e. The first kappa shape index (κ1) is 19.1. The highest BCUT2D eigenvalue weighted by Crippen LogP contribution is 2.52. The first-order chi connectivity index (χ1) is 11.9. The molecule has 1 amide bonds. The van der Waals surface area contributed by atoms with E-state index in [-0.39, 0.29) is 5.15 Å². The Morgan fingerprint density at radius 2 is 2.04 bits per heavy atom. The predicted molar refractivity (Wildman–Crippen MR) is 98.1 cm³/mol. The Morgan fingerprint density at radius 1 is 1.35 bits per heavy atom. The molecule has 1 aromatic rings. The van der Waals surface area contributed by atoms with E-state index in [1.807, 2.05) is 27.7 Å². The summed E-state index contributed by atoms with van der Waals surface area (Å²) in [5.74, 6) is 0.472. The Labute approximate surface area is 158 Å². The summed E-state index contributed by atoms with van der Waals surface area (Å²) in [7, 11) is 0. The molecule has 0 aromatic carbocycles. The molecule has 0 saturated carbocycles. The average Bonchev–Trinajstić information content (AvgIpc) is 2.74. The molecule has 0 unspecified atom stereocenters. The molecule has 2 fully saturated rings. The van der Waals surface area contributed by atoms with E-state index >= 15 is 4.39 Å². The number of nitrogens with one attached hydrogen (secondary N) is 1. The molecule has 2 bridgehead atoms. The van der Waals surface area contributed by atoms with Gasteiger partial charge < -0.3 is 10.1 Å². The van der Waals surface area contributed by atoms with E-state index in [1.54, 1.807) is 11.8 Å². The highest BCUT2D eigenvalue weighted by molar-refractivity contribution is 6.29. The molecule has 0 aliphatic carbocycles. The van der Waals surface area contributed by atoms with Gasteiger partial charge in [-0.15, -0.1) is 0 Å². The van der Waals surface area contributed by atoms with Gasteiger partial charge in [-0.1, -0.05) is 11.6 Å². The molecule has 0 spiro atoms. The smallest absolute Gasteiger partial charge is 0.411 e. The number of hydrogen-bond acceptors (Lipinski definition) is 5. The van der Waals surface area contributed by atoms with Crippen LogP contribution < -0.4 is 5.32 Å². The van der Waals surface area contributed by atoms with Crippen molar-refractivity contribution in [2.24, 2.45) is 0 Å². The van der Waals surface area contributed by atoms with Crippen molar-refractivity contribution in [3.8, 4) is 0 Å². The Hall–Kier alpha value is -1.63. The van der Waals surface area contributed by atoms with Crippen molar-refractivity contribution < 1.29 is 13.9 Å². The van der Waals surface area contributed by atoms with E-state index < -0.39 is 35.0 Å². The van der Waals surface area contributed by atoms with Crippen LogP contribution in [0.5, 0.6) is 0 Å². The molecular formula is C18H26ClFN4O2. The van der Waals surface area contributed by atoms with Gasteiger partial charge >= 0.3 is 6.09 Å². The van der Waals surface area contributed by atoms with Gasteiger partial charge in [-0.05, 0) is 53.9 Å². The van der Waals surface area contributed by atoms with Gasteiger partial charge in [-0.3, -0.25) is 4.90 Å². The van der Waals surface area contributed by atoms with Gasteiger partial charge in [0.2, 0.25) is 0 Å². The average molecular weight is 385 g/mol. The van der Waals surface area contributed by atoms with Gasteiger partial charge in [0.05, 0.1) is 24.0 Å². The number of carbonyl (C=O) groups is 1. The summed E-state index contributed by atoms with van der Waals surface area (Å²) in [4.78, 5) is 22.6. The Kier molecular flexibility index (Phi) is 4.58. The third kappa shape index (κ3) is 3.33. The summed E-state index contributed by atoms with van der Waals surface area (Å²) in [6, 6.07) is -0.471. The van der Waals surface area contributed by atoms with E-state index in [4.69, 9.17) is 16.3 Å². The molecule has 2 aliphatic rings. The van der Waals surface area contributed by atoms with Gasteiger partial charge in [0, 0.05) is 5.54 Å². The van der Waals surface area contributed by atoms with E-state index in [9.17, 15) is 4.79 Å². The predicted octanol–water partition coefficient (Wildman–Crippen LogP) is 4.20. The number of halogens is 2. The number of carbonyl (C=O) groups excluding carboxylic acids is 1. The minimum Gasteiger partial charge on any atom is -0.444 e. The second-order valence-electron chi connectivity index (χ2n) is 8.75. The van der Waals surface area contributed by atoms with Crippen LogP contribution in [0.1, 0.15) is 53.9 Å². The van der Waals surface area contributed by atoms with Gasteiger partial charge in [-0.25, -0.2) is 19.2 Å². The zero-order valence-electron chi connectivity index (χ0n) is 15.8. The van der Waals surface area contributed by atoms with Crippen molar-refractivity contribution in [1.29, 1.82) is 0 Å². The fourth-order valence-electron chi connectivity index (χ4n) is 4.27. The summed E-state index contributed by atoms with van der Waals surface area (Å²) in [6.45, 7) is 9.25. The van der Waals surface area contributed by atoms with Crippen LogP contribution in [0.2, 0.25) is 5.15 Å². The van der Waals surface area contributed by atoms with Crippen LogP contribution in [0.4, 0.5) is 15.0 Å². The number of fused-ring (bicyclic) bond motifs is 2. The molecule has 3 rings (SSSR count). The SMILES string of the molecule is CC(C)(C)OC(=O)N1[C@]2(C)CC[C@@]1(C)[C@H](F)[C@H](Nc1cnc(Cl)cn1)C2. The summed E-state index contributed by atoms with van der Waals surface area (Å²) in [5, 5.41) is 3.41. The minimum atomic E-state index is -1.26. The standard InChI is InChI=1S/C18H26ClFN4O2/c1-16(2,3)26-15(25)24-17(4)6-7-18(24,5)14(20)11(8-17)23-13-10-21-12(19)9-22-13/h9-11,14H,6-8H2,1-5H3,(H,22,23)/t11-,14-,17-,18+/m1/s1. The van der Waals surface area contributed by atoms with Crippen molar-refractivity contribution in [1.82, 2.24) is 14.9 Å². The number of rotatable bonds is 2. The fraction of sp³-hybridized carbons (Fsp3) is 0.722. The zero-order valence-corrected chi connectivity index (χ0v) is 16.6. The lowest BCUT2D eigenvalue weighted by atomic mass is 9.81. The second-order valence-corrected chi connectivity index (χ2v) is 9.14. The van der Waals surface area contributed by atoms with Gasteiger partial charge in [0.1, 0.15) is 22.7 Å². The lowest BCUT2D eigenvalue weighted by Crippen LogP contribution is -2.67. The number of ether oxygens (including phenoxy) is 1. The van der Waals surface area contributed by atoms with Crippen molar-refractivity contribution in [3.05, 3.63) is 17.5 Å². The van der Waals surface area contributed by atoms with E-state index in [0.29, 0.717) is 18.7 Å². The number of amides is 1. The van der Waals surface area contributed by atoms with Gasteiger partial charge in [-0.2, -0.15) is 0 Å². The first-order valence-electron chi connectivity index (χ1n) is 8.86. The molecule has 26 heavy (non-hydrogen) atoms. The van der Waals surface area contributed by atoms with Crippen molar-refractivity contribution in [2.75, 3.05) is 5.32 Å².